The van der Waals surface area contributed by atoms with Crippen LogP contribution in [0, 0.1) is 0 Å². The Hall–Kier alpha value is -3.22. The van der Waals surface area contributed by atoms with Crippen LogP contribution in [0.4, 0.5) is 0 Å². The number of ether oxygens (including phenoxy) is 2. The smallest absolute Gasteiger partial charge is 0.166 e. The molecule has 6 nitrogen and oxygen atoms in total. The maximum absolute atomic E-state index is 13.1. The van der Waals surface area contributed by atoms with E-state index in [0.29, 0.717) is 35.7 Å². The van der Waals surface area contributed by atoms with Gasteiger partial charge in [0.05, 0.1) is 36.2 Å². The highest BCUT2D eigenvalue weighted by atomic mass is 35.5. The second-order valence-electron chi connectivity index (χ2n) is 7.90. The number of Topliss-reactive ketones (excluding diaryl/α,β-unsaturated/α-hetero) is 1. The van der Waals surface area contributed by atoms with E-state index < -0.39 is 0 Å². The van der Waals surface area contributed by atoms with Gasteiger partial charge in [0, 0.05) is 30.7 Å². The van der Waals surface area contributed by atoms with E-state index in [1.165, 1.54) is 0 Å². The fourth-order valence-electron chi connectivity index (χ4n) is 4.45. The number of nitrogens with zero attached hydrogens (tertiary/aromatic N) is 3. The van der Waals surface area contributed by atoms with Crippen molar-refractivity contribution < 1.29 is 14.3 Å². The number of methoxy groups -OCH3 is 2. The summed E-state index contributed by atoms with van der Waals surface area (Å²) in [6.07, 6.45) is 2.87. The second kappa shape index (κ2) is 8.37. The molecule has 1 aliphatic rings. The van der Waals surface area contributed by atoms with Gasteiger partial charge in [0.15, 0.2) is 11.4 Å². The summed E-state index contributed by atoms with van der Waals surface area (Å²) in [7, 11) is 3.29. The van der Waals surface area contributed by atoms with Crippen molar-refractivity contribution in [2.75, 3.05) is 14.2 Å². The van der Waals surface area contributed by atoms with Crippen molar-refractivity contribution in [2.24, 2.45) is 0 Å². The SMILES string of the molecule is COCc1nn2cc3c(nc2c1-c1ccc(Cl)cc1)CC(c1ccccc1OC)CC3=O. The number of halogens is 1. The third kappa shape index (κ3) is 3.55. The zero-order valence-electron chi connectivity index (χ0n) is 17.8. The van der Waals surface area contributed by atoms with Crippen molar-refractivity contribution in [2.45, 2.75) is 25.4 Å². The third-order valence-corrected chi connectivity index (χ3v) is 6.18. The Labute approximate surface area is 190 Å². The van der Waals surface area contributed by atoms with Crippen molar-refractivity contribution >= 4 is 23.0 Å². The molecule has 1 atom stereocenters. The Bertz CT molecular complexity index is 1310. The van der Waals surface area contributed by atoms with Crippen molar-refractivity contribution in [1.29, 1.82) is 0 Å². The van der Waals surface area contributed by atoms with Gasteiger partial charge in [-0.25, -0.2) is 9.50 Å². The lowest BCUT2D eigenvalue weighted by atomic mass is 9.82. The van der Waals surface area contributed by atoms with Crippen LogP contribution in [0.2, 0.25) is 5.02 Å². The fraction of sp³-hybridized carbons (Fsp3) is 0.240. The van der Waals surface area contributed by atoms with Crippen LogP contribution in [0.25, 0.3) is 16.8 Å². The molecule has 0 saturated heterocycles. The number of rotatable bonds is 5. The Morgan fingerprint density at radius 3 is 2.62 bits per heavy atom. The van der Waals surface area contributed by atoms with Crippen LogP contribution in [0.3, 0.4) is 0 Å². The fourth-order valence-corrected chi connectivity index (χ4v) is 4.58. The minimum absolute atomic E-state index is 0.0152. The number of carbonyl (C=O) groups is 1. The molecule has 2 aromatic heterocycles. The number of ketones is 1. The molecule has 0 N–H and O–H groups in total. The first-order valence-corrected chi connectivity index (χ1v) is 10.8. The minimum Gasteiger partial charge on any atom is -0.496 e. The highest BCUT2D eigenvalue weighted by molar-refractivity contribution is 6.30. The Kier molecular flexibility index (Phi) is 5.41. The van der Waals surface area contributed by atoms with Crippen LogP contribution < -0.4 is 4.74 Å². The van der Waals surface area contributed by atoms with Crippen molar-refractivity contribution in [1.82, 2.24) is 14.6 Å². The van der Waals surface area contributed by atoms with E-state index in [1.807, 2.05) is 48.5 Å². The molecule has 7 heteroatoms. The molecule has 1 unspecified atom stereocenters. The third-order valence-electron chi connectivity index (χ3n) is 5.93. The molecule has 0 spiro atoms. The first-order valence-electron chi connectivity index (χ1n) is 10.4. The summed E-state index contributed by atoms with van der Waals surface area (Å²) in [5.41, 5.74) is 5.74. The Morgan fingerprint density at radius 1 is 1.09 bits per heavy atom. The van der Waals surface area contributed by atoms with Crippen LogP contribution in [-0.2, 0) is 17.8 Å². The molecular formula is C25H22ClN3O3. The number of hydrogen-bond acceptors (Lipinski definition) is 5. The van der Waals surface area contributed by atoms with E-state index in [9.17, 15) is 4.79 Å². The zero-order valence-corrected chi connectivity index (χ0v) is 18.6. The molecule has 0 fully saturated rings. The Morgan fingerprint density at radius 2 is 1.88 bits per heavy atom. The monoisotopic (exact) mass is 447 g/mol. The van der Waals surface area contributed by atoms with Gasteiger partial charge in [-0.3, -0.25) is 4.79 Å². The average Bonchev–Trinajstić information content (AvgIpc) is 3.15. The van der Waals surface area contributed by atoms with Crippen molar-refractivity contribution in [3.05, 3.63) is 82.3 Å². The van der Waals surface area contributed by atoms with Crippen LogP contribution >= 0.6 is 11.6 Å². The molecule has 1 aliphatic carbocycles. The second-order valence-corrected chi connectivity index (χ2v) is 8.34. The normalized spacial score (nSPS) is 15.7. The maximum Gasteiger partial charge on any atom is 0.166 e. The molecule has 0 saturated carbocycles. The molecule has 5 rings (SSSR count). The summed E-state index contributed by atoms with van der Waals surface area (Å²) in [4.78, 5) is 18.0. The predicted molar refractivity (Wildman–Crippen MR) is 123 cm³/mol. The maximum atomic E-state index is 13.1. The Balaban J connectivity index is 1.65. The van der Waals surface area contributed by atoms with Crippen molar-refractivity contribution in [3.8, 4) is 16.9 Å². The number of aromatic nitrogens is 3. The predicted octanol–water partition coefficient (Wildman–Crippen LogP) is 5.12. The van der Waals surface area contributed by atoms with Gasteiger partial charge in [-0.05, 0) is 35.7 Å². The number of para-hydroxylation sites is 1. The lowest BCUT2D eigenvalue weighted by molar-refractivity contribution is 0.0962. The summed E-state index contributed by atoms with van der Waals surface area (Å²) in [6.45, 7) is 0.337. The first-order chi connectivity index (χ1) is 15.6. The summed E-state index contributed by atoms with van der Waals surface area (Å²) in [5, 5.41) is 5.33. The quantitative estimate of drug-likeness (QED) is 0.425. The van der Waals surface area contributed by atoms with Gasteiger partial charge in [0.25, 0.3) is 0 Å². The molecule has 0 aliphatic heterocycles. The van der Waals surface area contributed by atoms with Crippen LogP contribution in [0.15, 0.2) is 54.7 Å². The summed E-state index contributed by atoms with van der Waals surface area (Å²) >= 11 is 6.09. The summed E-state index contributed by atoms with van der Waals surface area (Å²) in [6, 6.07) is 15.4. The topological polar surface area (TPSA) is 65.7 Å². The lowest BCUT2D eigenvalue weighted by Gasteiger charge is -2.24. The van der Waals surface area contributed by atoms with Gasteiger partial charge in [-0.1, -0.05) is 41.9 Å². The molecular weight excluding hydrogens is 426 g/mol. The van der Waals surface area contributed by atoms with Gasteiger partial charge in [0.1, 0.15) is 5.75 Å². The lowest BCUT2D eigenvalue weighted by Crippen LogP contribution is -2.21. The van der Waals surface area contributed by atoms with E-state index >= 15 is 0 Å². The van der Waals surface area contributed by atoms with Gasteiger partial charge < -0.3 is 9.47 Å². The van der Waals surface area contributed by atoms with Crippen LogP contribution in [0.1, 0.15) is 39.6 Å². The molecule has 0 amide bonds. The van der Waals surface area contributed by atoms with Gasteiger partial charge in [-0.2, -0.15) is 5.10 Å². The van der Waals surface area contributed by atoms with E-state index in [1.54, 1.807) is 24.9 Å². The highest BCUT2D eigenvalue weighted by Crippen LogP contribution is 2.37. The number of benzene rings is 2. The largest absolute Gasteiger partial charge is 0.496 e. The molecule has 0 radical (unpaired) electrons. The molecule has 32 heavy (non-hydrogen) atoms. The summed E-state index contributed by atoms with van der Waals surface area (Å²) in [5.74, 6) is 0.873. The summed E-state index contributed by atoms with van der Waals surface area (Å²) < 4.78 is 12.6. The molecule has 2 heterocycles. The molecule has 2 aromatic carbocycles. The van der Waals surface area contributed by atoms with Crippen LogP contribution in [0.5, 0.6) is 5.75 Å². The number of fused-ring (bicyclic) bond motifs is 2. The number of carbonyl (C=O) groups excluding carboxylic acids is 1. The van der Waals surface area contributed by atoms with E-state index in [4.69, 9.17) is 26.1 Å². The van der Waals surface area contributed by atoms with E-state index in [2.05, 4.69) is 5.10 Å². The molecule has 4 aromatic rings. The number of hydrogen-bond donors (Lipinski definition) is 0. The standard InChI is InChI=1S/C25H22ClN3O3/c1-31-14-21-24(15-7-9-17(26)10-8-15)25-27-20-11-16(18-5-3-4-6-23(18)32-2)12-22(30)19(20)13-29(25)28-21/h3-10,13,16H,11-12,14H2,1-2H3. The minimum atomic E-state index is 0.0152. The van der Waals surface area contributed by atoms with Gasteiger partial charge in [-0.15, -0.1) is 0 Å². The van der Waals surface area contributed by atoms with Crippen molar-refractivity contribution in [3.63, 3.8) is 0 Å². The molecule has 0 bridgehead atoms. The molecule has 162 valence electrons. The first kappa shape index (κ1) is 20.7. The van der Waals surface area contributed by atoms with Gasteiger partial charge >= 0.3 is 0 Å². The van der Waals surface area contributed by atoms with E-state index in [0.717, 1.165) is 33.8 Å². The zero-order chi connectivity index (χ0) is 22.2. The van der Waals surface area contributed by atoms with Gasteiger partial charge in [0.2, 0.25) is 0 Å². The van der Waals surface area contributed by atoms with E-state index in [-0.39, 0.29) is 11.7 Å². The van der Waals surface area contributed by atoms with Crippen LogP contribution in [-0.4, -0.2) is 34.6 Å². The average molecular weight is 448 g/mol. The highest BCUT2D eigenvalue weighted by Gasteiger charge is 2.30.